The summed E-state index contributed by atoms with van der Waals surface area (Å²) in [5, 5.41) is 9.55. The van der Waals surface area contributed by atoms with Crippen LogP contribution in [0.2, 0.25) is 0 Å². The van der Waals surface area contributed by atoms with Crippen LogP contribution in [0.3, 0.4) is 0 Å². The van der Waals surface area contributed by atoms with Crippen molar-refractivity contribution in [1.29, 1.82) is 5.26 Å². The van der Waals surface area contributed by atoms with Gasteiger partial charge in [0.2, 0.25) is 0 Å². The number of methoxy groups -OCH3 is 1. The largest absolute Gasteiger partial charge is 0.465 e. The van der Waals surface area contributed by atoms with E-state index in [9.17, 15) is 10.1 Å². The Balaban J connectivity index is 2.93. The number of benzene rings is 2. The van der Waals surface area contributed by atoms with Crippen LogP contribution in [0, 0.1) is 18.3 Å². The Labute approximate surface area is 130 Å². The lowest BCUT2D eigenvalue weighted by molar-refractivity contribution is 0.0599. The average Bonchev–Trinajstić information content (AvgIpc) is 2.55. The van der Waals surface area contributed by atoms with Gasteiger partial charge in [0, 0.05) is 5.56 Å². The number of carbonyl (C=O) groups excluding carboxylic acids is 1. The first-order valence-electron chi connectivity index (χ1n) is 7.05. The molecule has 4 nitrogen and oxygen atoms in total. The van der Waals surface area contributed by atoms with Crippen molar-refractivity contribution in [3.8, 4) is 17.2 Å². The maximum atomic E-state index is 12.2. The zero-order valence-corrected chi connectivity index (χ0v) is 12.9. The zero-order chi connectivity index (χ0) is 16.3. The van der Waals surface area contributed by atoms with Gasteiger partial charge in [0.05, 0.1) is 23.9 Å². The van der Waals surface area contributed by atoms with E-state index in [0.717, 1.165) is 11.1 Å². The minimum atomic E-state index is -0.428. The third kappa shape index (κ3) is 2.42. The first-order chi connectivity index (χ1) is 10.6. The first kappa shape index (κ1) is 15.6. The number of carbonyl (C=O) groups is 1. The van der Waals surface area contributed by atoms with Gasteiger partial charge in [-0.2, -0.15) is 5.26 Å². The fourth-order valence-electron chi connectivity index (χ4n) is 2.79. The molecule has 0 radical (unpaired) electrons. The molecule has 0 atom stereocenters. The summed E-state index contributed by atoms with van der Waals surface area (Å²) < 4.78 is 4.90. The fraction of sp³-hybridized carbons (Fsp3) is 0.222. The smallest absolute Gasteiger partial charge is 0.338 e. The molecule has 22 heavy (non-hydrogen) atoms. The van der Waals surface area contributed by atoms with Gasteiger partial charge in [-0.1, -0.05) is 37.3 Å². The van der Waals surface area contributed by atoms with E-state index in [2.05, 4.69) is 6.07 Å². The second kappa shape index (κ2) is 6.31. The number of hydrogen-bond acceptors (Lipinski definition) is 4. The van der Waals surface area contributed by atoms with Crippen molar-refractivity contribution in [1.82, 2.24) is 0 Å². The van der Waals surface area contributed by atoms with Crippen molar-refractivity contribution in [3.63, 3.8) is 0 Å². The van der Waals surface area contributed by atoms with Crippen LogP contribution in [-0.2, 0) is 11.2 Å². The fourth-order valence-corrected chi connectivity index (χ4v) is 2.79. The monoisotopic (exact) mass is 294 g/mol. The summed E-state index contributed by atoms with van der Waals surface area (Å²) in [5.74, 6) is -0.428. The highest BCUT2D eigenvalue weighted by molar-refractivity contribution is 5.99. The van der Waals surface area contributed by atoms with Gasteiger partial charge in [-0.3, -0.25) is 0 Å². The van der Waals surface area contributed by atoms with Crippen molar-refractivity contribution in [2.75, 3.05) is 12.8 Å². The van der Waals surface area contributed by atoms with E-state index in [0.29, 0.717) is 34.4 Å². The molecule has 4 heteroatoms. The molecule has 0 aliphatic carbocycles. The van der Waals surface area contributed by atoms with Crippen LogP contribution in [0.5, 0.6) is 0 Å². The number of nitrogens with zero attached hydrogens (tertiary/aromatic N) is 1. The number of nitrogen functional groups attached to an aromatic ring is 1. The number of nitrogens with two attached hydrogens (primary N) is 1. The lowest BCUT2D eigenvalue weighted by atomic mass is 9.86. The molecule has 0 unspecified atom stereocenters. The van der Waals surface area contributed by atoms with E-state index < -0.39 is 5.97 Å². The van der Waals surface area contributed by atoms with Gasteiger partial charge in [-0.05, 0) is 30.0 Å². The number of esters is 1. The standard InChI is InChI=1S/C18H18N2O2/c1-4-13-16(18(21)22-3)11(2)15(14(10-19)17(13)20)12-8-6-5-7-9-12/h5-9H,4,20H2,1-3H3. The van der Waals surface area contributed by atoms with Gasteiger partial charge >= 0.3 is 5.97 Å². The molecule has 0 saturated heterocycles. The molecule has 0 fully saturated rings. The molecule has 0 amide bonds. The van der Waals surface area contributed by atoms with E-state index >= 15 is 0 Å². The summed E-state index contributed by atoms with van der Waals surface area (Å²) >= 11 is 0. The minimum absolute atomic E-state index is 0.356. The number of anilines is 1. The molecule has 0 aliphatic heterocycles. The number of ether oxygens (including phenoxy) is 1. The van der Waals surface area contributed by atoms with E-state index in [4.69, 9.17) is 10.5 Å². The van der Waals surface area contributed by atoms with Crippen molar-refractivity contribution < 1.29 is 9.53 Å². The summed E-state index contributed by atoms with van der Waals surface area (Å²) in [4.78, 5) is 12.2. The SMILES string of the molecule is CCc1c(N)c(C#N)c(-c2ccccc2)c(C)c1C(=O)OC. The topological polar surface area (TPSA) is 76.1 Å². The highest BCUT2D eigenvalue weighted by Gasteiger charge is 2.24. The van der Waals surface area contributed by atoms with Crippen molar-refractivity contribution in [2.45, 2.75) is 20.3 Å². The van der Waals surface area contributed by atoms with Crippen LogP contribution in [-0.4, -0.2) is 13.1 Å². The van der Waals surface area contributed by atoms with E-state index in [-0.39, 0.29) is 0 Å². The van der Waals surface area contributed by atoms with Crippen LogP contribution in [0.4, 0.5) is 5.69 Å². The highest BCUT2D eigenvalue weighted by atomic mass is 16.5. The number of nitriles is 1. The van der Waals surface area contributed by atoms with Gasteiger partial charge in [0.15, 0.2) is 0 Å². The van der Waals surface area contributed by atoms with E-state index in [1.165, 1.54) is 7.11 Å². The Morgan fingerprint density at radius 1 is 1.32 bits per heavy atom. The lowest BCUT2D eigenvalue weighted by Crippen LogP contribution is -2.13. The third-order valence-electron chi connectivity index (χ3n) is 3.81. The van der Waals surface area contributed by atoms with Gasteiger partial charge in [-0.25, -0.2) is 4.79 Å². The quantitative estimate of drug-likeness (QED) is 0.694. The normalized spacial score (nSPS) is 10.1. The van der Waals surface area contributed by atoms with E-state index in [1.807, 2.05) is 44.2 Å². The van der Waals surface area contributed by atoms with Gasteiger partial charge < -0.3 is 10.5 Å². The van der Waals surface area contributed by atoms with Gasteiger partial charge in [0.1, 0.15) is 6.07 Å². The van der Waals surface area contributed by atoms with E-state index in [1.54, 1.807) is 0 Å². The molecule has 2 aromatic carbocycles. The number of hydrogen-bond donors (Lipinski definition) is 1. The molecule has 0 spiro atoms. The average molecular weight is 294 g/mol. The predicted octanol–water partition coefficient (Wildman–Crippen LogP) is 3.46. The molecule has 0 aliphatic rings. The van der Waals surface area contributed by atoms with Crippen molar-refractivity contribution in [2.24, 2.45) is 0 Å². The van der Waals surface area contributed by atoms with Crippen LogP contribution >= 0.6 is 0 Å². The second-order valence-corrected chi connectivity index (χ2v) is 4.97. The molecule has 2 N–H and O–H groups in total. The molecule has 0 saturated carbocycles. The molecule has 2 aromatic rings. The van der Waals surface area contributed by atoms with Crippen LogP contribution < -0.4 is 5.73 Å². The summed E-state index contributed by atoms with van der Waals surface area (Å²) in [5.41, 5.74) is 10.3. The Morgan fingerprint density at radius 3 is 2.45 bits per heavy atom. The van der Waals surface area contributed by atoms with Crippen LogP contribution in [0.1, 0.15) is 34.0 Å². The van der Waals surface area contributed by atoms with Crippen LogP contribution in [0.25, 0.3) is 11.1 Å². The zero-order valence-electron chi connectivity index (χ0n) is 12.9. The second-order valence-electron chi connectivity index (χ2n) is 4.97. The van der Waals surface area contributed by atoms with Crippen molar-refractivity contribution >= 4 is 11.7 Å². The minimum Gasteiger partial charge on any atom is -0.465 e. The van der Waals surface area contributed by atoms with Gasteiger partial charge in [0.25, 0.3) is 0 Å². The summed E-state index contributed by atoms with van der Waals surface area (Å²) in [6.45, 7) is 3.73. The molecule has 0 bridgehead atoms. The van der Waals surface area contributed by atoms with Crippen molar-refractivity contribution in [3.05, 3.63) is 52.6 Å². The van der Waals surface area contributed by atoms with Crippen LogP contribution in [0.15, 0.2) is 30.3 Å². The highest BCUT2D eigenvalue weighted by Crippen LogP contribution is 2.37. The molecule has 0 aromatic heterocycles. The molecule has 2 rings (SSSR count). The molecule has 112 valence electrons. The summed E-state index contributed by atoms with van der Waals surface area (Å²) in [6.07, 6.45) is 0.556. The summed E-state index contributed by atoms with van der Waals surface area (Å²) in [6, 6.07) is 11.7. The first-order valence-corrected chi connectivity index (χ1v) is 7.05. The Morgan fingerprint density at radius 2 is 1.95 bits per heavy atom. The van der Waals surface area contributed by atoms with Gasteiger partial charge in [-0.15, -0.1) is 0 Å². The lowest BCUT2D eigenvalue weighted by Gasteiger charge is -2.19. The molecular formula is C18H18N2O2. The number of rotatable bonds is 3. The maximum Gasteiger partial charge on any atom is 0.338 e. The third-order valence-corrected chi connectivity index (χ3v) is 3.81. The Hall–Kier alpha value is -2.80. The summed E-state index contributed by atoms with van der Waals surface area (Å²) in [7, 11) is 1.35. The molecular weight excluding hydrogens is 276 g/mol. The maximum absolute atomic E-state index is 12.2. The molecule has 0 heterocycles. The Kier molecular flexibility index (Phi) is 4.47. The predicted molar refractivity (Wildman–Crippen MR) is 86.5 cm³/mol. The Bertz CT molecular complexity index is 759.